The van der Waals surface area contributed by atoms with E-state index in [4.69, 9.17) is 4.74 Å². The van der Waals surface area contributed by atoms with E-state index in [1.165, 1.54) is 19.4 Å². The summed E-state index contributed by atoms with van der Waals surface area (Å²) in [7, 11) is 1.54. The van der Waals surface area contributed by atoms with Gasteiger partial charge in [-0.15, -0.1) is 0 Å². The zero-order chi connectivity index (χ0) is 13.6. The Kier molecular flexibility index (Phi) is 5.18. The van der Waals surface area contributed by atoms with E-state index in [1.807, 2.05) is 0 Å². The lowest BCUT2D eigenvalue weighted by molar-refractivity contribution is 0.0243. The van der Waals surface area contributed by atoms with Gasteiger partial charge in [0.2, 0.25) is 5.95 Å². The van der Waals surface area contributed by atoms with Crippen molar-refractivity contribution >= 4 is 5.91 Å². The number of hydrogen-bond donors (Lipinski definition) is 2. The molecule has 100 valence electrons. The second-order valence-electron chi connectivity index (χ2n) is 4.29. The topological polar surface area (TPSA) is 71.5 Å². The molecule has 0 spiro atoms. The maximum absolute atomic E-state index is 12.8. The predicted molar refractivity (Wildman–Crippen MR) is 63.6 cm³/mol. The smallest absolute Gasteiger partial charge is 0.251 e. The van der Waals surface area contributed by atoms with E-state index >= 15 is 0 Å². The SMILES string of the molecule is COCCC(C)(O)CNC(=O)c1ccnc(F)c1. The van der Waals surface area contributed by atoms with E-state index in [-0.39, 0.29) is 12.1 Å². The minimum absolute atomic E-state index is 0.0686. The van der Waals surface area contributed by atoms with E-state index in [1.54, 1.807) is 6.92 Å². The Bertz CT molecular complexity index is 410. The summed E-state index contributed by atoms with van der Waals surface area (Å²) in [5.41, 5.74) is -0.887. The summed E-state index contributed by atoms with van der Waals surface area (Å²) in [6.07, 6.45) is 1.61. The summed E-state index contributed by atoms with van der Waals surface area (Å²) in [5, 5.41) is 12.5. The Hall–Kier alpha value is -1.53. The number of nitrogens with zero attached hydrogens (tertiary/aromatic N) is 1. The van der Waals surface area contributed by atoms with Crippen LogP contribution in [0.25, 0.3) is 0 Å². The molecule has 18 heavy (non-hydrogen) atoms. The van der Waals surface area contributed by atoms with Crippen molar-refractivity contribution in [1.29, 1.82) is 0 Å². The fraction of sp³-hybridized carbons (Fsp3) is 0.500. The maximum Gasteiger partial charge on any atom is 0.251 e. The molecule has 1 aromatic rings. The molecule has 0 aliphatic rings. The highest BCUT2D eigenvalue weighted by molar-refractivity contribution is 5.94. The second-order valence-corrected chi connectivity index (χ2v) is 4.29. The monoisotopic (exact) mass is 256 g/mol. The molecule has 6 heteroatoms. The van der Waals surface area contributed by atoms with Gasteiger partial charge in [-0.2, -0.15) is 4.39 Å². The summed E-state index contributed by atoms with van der Waals surface area (Å²) in [6, 6.07) is 2.45. The van der Waals surface area contributed by atoms with Crippen LogP contribution in [-0.2, 0) is 4.74 Å². The highest BCUT2D eigenvalue weighted by Crippen LogP contribution is 2.08. The fourth-order valence-corrected chi connectivity index (χ4v) is 1.33. The van der Waals surface area contributed by atoms with Gasteiger partial charge in [-0.3, -0.25) is 4.79 Å². The van der Waals surface area contributed by atoms with E-state index in [0.717, 1.165) is 6.07 Å². The molecule has 0 aromatic carbocycles. The van der Waals surface area contributed by atoms with E-state index in [2.05, 4.69) is 10.3 Å². The summed E-state index contributed by atoms with van der Waals surface area (Å²) >= 11 is 0. The van der Waals surface area contributed by atoms with Crippen molar-refractivity contribution in [2.24, 2.45) is 0 Å². The number of nitrogens with one attached hydrogen (secondary N) is 1. The van der Waals surface area contributed by atoms with Crippen LogP contribution in [0.4, 0.5) is 4.39 Å². The molecule has 5 nitrogen and oxygen atoms in total. The first-order valence-corrected chi connectivity index (χ1v) is 5.56. The number of halogens is 1. The summed E-state index contributed by atoms with van der Waals surface area (Å²) in [6.45, 7) is 2.06. The third-order valence-electron chi connectivity index (χ3n) is 2.46. The lowest BCUT2D eigenvalue weighted by Crippen LogP contribution is -2.41. The summed E-state index contributed by atoms with van der Waals surface area (Å²) in [4.78, 5) is 15.0. The van der Waals surface area contributed by atoms with Crippen molar-refractivity contribution < 1.29 is 19.0 Å². The predicted octanol–water partition coefficient (Wildman–Crippen LogP) is 0.738. The van der Waals surface area contributed by atoms with Crippen LogP contribution in [0, 0.1) is 5.95 Å². The molecule has 0 saturated heterocycles. The van der Waals surface area contributed by atoms with Crippen LogP contribution in [0.15, 0.2) is 18.3 Å². The number of methoxy groups -OCH3 is 1. The molecule has 0 fully saturated rings. The standard InChI is InChI=1S/C12H17FN2O3/c1-12(17,4-6-18-2)8-15-11(16)9-3-5-14-10(13)7-9/h3,5,7,17H,4,6,8H2,1-2H3,(H,15,16). The Labute approximate surface area is 105 Å². The van der Waals surface area contributed by atoms with Crippen molar-refractivity contribution in [2.75, 3.05) is 20.3 Å². The number of hydrogen-bond acceptors (Lipinski definition) is 4. The van der Waals surface area contributed by atoms with Gasteiger partial charge >= 0.3 is 0 Å². The number of carbonyl (C=O) groups excluding carboxylic acids is 1. The van der Waals surface area contributed by atoms with E-state index < -0.39 is 17.5 Å². The van der Waals surface area contributed by atoms with Crippen molar-refractivity contribution in [1.82, 2.24) is 10.3 Å². The van der Waals surface area contributed by atoms with Crippen LogP contribution in [0.1, 0.15) is 23.7 Å². The molecule has 1 unspecified atom stereocenters. The van der Waals surface area contributed by atoms with Crippen LogP contribution < -0.4 is 5.32 Å². The molecular weight excluding hydrogens is 239 g/mol. The molecule has 0 aliphatic carbocycles. The van der Waals surface area contributed by atoms with E-state index in [9.17, 15) is 14.3 Å². The number of pyridine rings is 1. The quantitative estimate of drug-likeness (QED) is 0.736. The van der Waals surface area contributed by atoms with Gasteiger partial charge in [0, 0.05) is 44.5 Å². The third kappa shape index (κ3) is 4.77. The average molecular weight is 256 g/mol. The zero-order valence-electron chi connectivity index (χ0n) is 10.4. The van der Waals surface area contributed by atoms with Crippen LogP contribution >= 0.6 is 0 Å². The molecule has 1 amide bonds. The van der Waals surface area contributed by atoms with Crippen LogP contribution in [0.3, 0.4) is 0 Å². The maximum atomic E-state index is 12.8. The summed E-state index contributed by atoms with van der Waals surface area (Å²) < 4.78 is 17.7. The highest BCUT2D eigenvalue weighted by Gasteiger charge is 2.21. The van der Waals surface area contributed by atoms with Gasteiger partial charge < -0.3 is 15.2 Å². The van der Waals surface area contributed by atoms with Gasteiger partial charge in [0.05, 0.1) is 5.60 Å². The van der Waals surface area contributed by atoms with E-state index in [0.29, 0.717) is 13.0 Å². The molecule has 0 radical (unpaired) electrons. The number of amides is 1. The first-order valence-electron chi connectivity index (χ1n) is 5.56. The number of rotatable bonds is 6. The van der Waals surface area contributed by atoms with Gasteiger partial charge in [0.1, 0.15) is 0 Å². The van der Waals surface area contributed by atoms with Gasteiger partial charge in [0.25, 0.3) is 5.91 Å². The lowest BCUT2D eigenvalue weighted by atomic mass is 10.0. The second kappa shape index (κ2) is 6.42. The fourth-order valence-electron chi connectivity index (χ4n) is 1.33. The van der Waals surface area contributed by atoms with Crippen LogP contribution in [0.5, 0.6) is 0 Å². The van der Waals surface area contributed by atoms with Crippen molar-refractivity contribution in [3.05, 3.63) is 29.8 Å². The number of aromatic nitrogens is 1. The first-order chi connectivity index (χ1) is 8.44. The van der Waals surface area contributed by atoms with Gasteiger partial charge in [-0.1, -0.05) is 0 Å². The molecule has 0 bridgehead atoms. The Morgan fingerprint density at radius 2 is 2.39 bits per heavy atom. The number of aliphatic hydroxyl groups is 1. The largest absolute Gasteiger partial charge is 0.388 e. The van der Waals surface area contributed by atoms with Crippen LogP contribution in [0.2, 0.25) is 0 Å². The minimum Gasteiger partial charge on any atom is -0.388 e. The van der Waals surface area contributed by atoms with Gasteiger partial charge in [-0.05, 0) is 13.0 Å². The number of carbonyl (C=O) groups is 1. The zero-order valence-corrected chi connectivity index (χ0v) is 10.4. The Morgan fingerprint density at radius 1 is 1.67 bits per heavy atom. The van der Waals surface area contributed by atoms with Crippen molar-refractivity contribution in [3.63, 3.8) is 0 Å². The van der Waals surface area contributed by atoms with Gasteiger partial charge in [-0.25, -0.2) is 4.98 Å². The molecule has 2 N–H and O–H groups in total. The molecular formula is C12H17FN2O3. The molecule has 1 heterocycles. The molecule has 0 saturated carbocycles. The lowest BCUT2D eigenvalue weighted by Gasteiger charge is -2.23. The van der Waals surface area contributed by atoms with Gasteiger partial charge in [0.15, 0.2) is 0 Å². The molecule has 1 atom stereocenters. The summed E-state index contributed by atoms with van der Waals surface area (Å²) in [5.74, 6) is -1.16. The first kappa shape index (κ1) is 14.5. The normalized spacial score (nSPS) is 14.0. The van der Waals surface area contributed by atoms with Crippen molar-refractivity contribution in [2.45, 2.75) is 18.9 Å². The molecule has 1 rings (SSSR count). The highest BCUT2D eigenvalue weighted by atomic mass is 19.1. The molecule has 0 aliphatic heterocycles. The Balaban J connectivity index is 2.50. The van der Waals surface area contributed by atoms with Crippen LogP contribution in [-0.4, -0.2) is 41.9 Å². The average Bonchev–Trinajstić information content (AvgIpc) is 2.34. The minimum atomic E-state index is -1.06. The van der Waals surface area contributed by atoms with Crippen molar-refractivity contribution in [3.8, 4) is 0 Å². The third-order valence-corrected chi connectivity index (χ3v) is 2.46. The Morgan fingerprint density at radius 3 is 3.00 bits per heavy atom. The number of ether oxygens (including phenoxy) is 1. The molecule has 1 aromatic heterocycles.